The standard InChI is InChI=1S/C39H36NO2P/c1-25-23-26(2)37(27(3)24-25)29(5)40(28(4)30-13-7-6-8-14-30)43-41-35-21-19-31-15-9-11-17-33(31)38(35)39-34-18-12-10-16-32(34)20-22-36(39)42-43/h6-24,28-29H,1-5H3/t28-,29-/m0/s1. The average molecular weight is 582 g/mol. The van der Waals surface area contributed by atoms with Crippen molar-refractivity contribution >= 4 is 51.6 Å². The molecule has 1 heterocycles. The summed E-state index contributed by atoms with van der Waals surface area (Å²) in [5.41, 5.74) is 8.13. The fourth-order valence-corrected chi connectivity index (χ4v) is 8.62. The van der Waals surface area contributed by atoms with Gasteiger partial charge in [-0.2, -0.15) is 4.67 Å². The van der Waals surface area contributed by atoms with Crippen molar-refractivity contribution in [2.75, 3.05) is 4.67 Å². The molecule has 214 valence electrons. The van der Waals surface area contributed by atoms with E-state index < -0.39 is 8.16 Å². The molecule has 2 atom stereocenters. The minimum Gasteiger partial charge on any atom is -0.408 e. The van der Waals surface area contributed by atoms with Gasteiger partial charge in [-0.15, -0.1) is 0 Å². The molecule has 43 heavy (non-hydrogen) atoms. The Bertz CT molecular complexity index is 2040. The molecule has 3 nitrogen and oxygen atoms in total. The Morgan fingerprint density at radius 1 is 0.558 bits per heavy atom. The van der Waals surface area contributed by atoms with Crippen LogP contribution >= 0.6 is 8.16 Å². The predicted molar refractivity (Wildman–Crippen MR) is 183 cm³/mol. The Hall–Kier alpha value is -4.30. The minimum atomic E-state index is -1.57. The summed E-state index contributed by atoms with van der Waals surface area (Å²) in [6.45, 7) is 11.2. The number of fused-ring (bicyclic) bond motifs is 7. The van der Waals surface area contributed by atoms with Gasteiger partial charge in [-0.25, -0.2) is 0 Å². The Labute approximate surface area is 254 Å². The van der Waals surface area contributed by atoms with Crippen molar-refractivity contribution in [1.29, 1.82) is 0 Å². The monoisotopic (exact) mass is 581 g/mol. The van der Waals surface area contributed by atoms with Gasteiger partial charge in [-0.05, 0) is 90.6 Å². The molecule has 0 bridgehead atoms. The number of aryl methyl sites for hydroxylation is 3. The maximum absolute atomic E-state index is 7.12. The molecular weight excluding hydrogens is 545 g/mol. The first-order valence-electron chi connectivity index (χ1n) is 15.0. The maximum Gasteiger partial charge on any atom is 0.310 e. The van der Waals surface area contributed by atoms with Crippen LogP contribution in [0.4, 0.5) is 0 Å². The summed E-state index contributed by atoms with van der Waals surface area (Å²) in [7, 11) is -1.57. The fraction of sp³-hybridized carbons (Fsp3) is 0.179. The van der Waals surface area contributed by atoms with E-state index in [0.29, 0.717) is 0 Å². The molecule has 0 spiro atoms. The van der Waals surface area contributed by atoms with Gasteiger partial charge in [-0.1, -0.05) is 109 Å². The zero-order valence-electron chi connectivity index (χ0n) is 25.3. The van der Waals surface area contributed by atoms with E-state index in [1.165, 1.54) is 49.4 Å². The molecule has 0 saturated heterocycles. The van der Waals surface area contributed by atoms with E-state index in [9.17, 15) is 0 Å². The van der Waals surface area contributed by atoms with Crippen molar-refractivity contribution in [2.24, 2.45) is 0 Å². The summed E-state index contributed by atoms with van der Waals surface area (Å²) in [5.74, 6) is 0. The number of hydrogen-bond donors (Lipinski definition) is 0. The minimum absolute atomic E-state index is 0.0350. The second-order valence-electron chi connectivity index (χ2n) is 11.7. The molecule has 0 aliphatic heterocycles. The molecule has 7 aromatic rings. The summed E-state index contributed by atoms with van der Waals surface area (Å²) in [5, 5.41) is 6.89. The quantitative estimate of drug-likeness (QED) is 0.202. The van der Waals surface area contributed by atoms with Gasteiger partial charge in [0.25, 0.3) is 0 Å². The number of hydrogen-bond acceptors (Lipinski definition) is 3. The normalized spacial score (nSPS) is 13.3. The van der Waals surface area contributed by atoms with Crippen LogP contribution in [0, 0.1) is 20.8 Å². The molecule has 0 aliphatic carbocycles. The second kappa shape index (κ2) is 11.1. The van der Waals surface area contributed by atoms with E-state index >= 15 is 0 Å². The molecule has 4 heteroatoms. The topological polar surface area (TPSA) is 29.5 Å². The molecule has 0 amide bonds. The summed E-state index contributed by atoms with van der Waals surface area (Å²) >= 11 is 0. The molecule has 0 N–H and O–H groups in total. The van der Waals surface area contributed by atoms with Gasteiger partial charge >= 0.3 is 8.16 Å². The maximum atomic E-state index is 7.12. The van der Waals surface area contributed by atoms with E-state index in [0.717, 1.165) is 21.9 Å². The highest BCUT2D eigenvalue weighted by Gasteiger charge is 2.31. The van der Waals surface area contributed by atoms with Crippen molar-refractivity contribution in [3.63, 3.8) is 0 Å². The van der Waals surface area contributed by atoms with Gasteiger partial charge in [0.05, 0.1) is 0 Å². The van der Waals surface area contributed by atoms with Crippen LogP contribution in [0.25, 0.3) is 43.5 Å². The van der Waals surface area contributed by atoms with Crippen LogP contribution in [0.1, 0.15) is 53.7 Å². The van der Waals surface area contributed by atoms with Gasteiger partial charge in [0, 0.05) is 22.9 Å². The third-order valence-corrected chi connectivity index (χ3v) is 10.6. The average Bonchev–Trinajstić information content (AvgIpc) is 3.18. The van der Waals surface area contributed by atoms with E-state index in [1.54, 1.807) is 0 Å². The first-order chi connectivity index (χ1) is 20.9. The Balaban J connectivity index is 1.60. The molecule has 7 rings (SSSR count). The number of rotatable bonds is 5. The molecular formula is C39H36NO2P. The highest BCUT2D eigenvalue weighted by molar-refractivity contribution is 7.39. The second-order valence-corrected chi connectivity index (χ2v) is 13.0. The van der Waals surface area contributed by atoms with Crippen LogP contribution in [0.5, 0.6) is 0 Å². The van der Waals surface area contributed by atoms with Crippen molar-refractivity contribution in [2.45, 2.75) is 46.7 Å². The van der Waals surface area contributed by atoms with E-state index in [-0.39, 0.29) is 12.1 Å². The SMILES string of the molecule is Cc1cc(C)c([C@H](C)N([C@@H](C)c2ccccc2)p2oc3ccc4ccccc4c3c3c(ccc4ccccc43)o2)c(C)c1. The third kappa shape index (κ3) is 4.83. The molecule has 0 fully saturated rings. The van der Waals surface area contributed by atoms with Gasteiger partial charge < -0.3 is 8.39 Å². The first-order valence-corrected chi connectivity index (χ1v) is 16.1. The fourth-order valence-electron chi connectivity index (χ4n) is 6.94. The van der Waals surface area contributed by atoms with Crippen molar-refractivity contribution in [3.05, 3.63) is 143 Å². The van der Waals surface area contributed by atoms with Crippen LogP contribution in [0.3, 0.4) is 0 Å². The van der Waals surface area contributed by atoms with Crippen LogP contribution < -0.4 is 4.67 Å². The first kappa shape index (κ1) is 27.5. The molecule has 0 radical (unpaired) electrons. The van der Waals surface area contributed by atoms with Crippen LogP contribution in [0.2, 0.25) is 0 Å². The van der Waals surface area contributed by atoms with E-state index in [4.69, 9.17) is 8.39 Å². The zero-order chi connectivity index (χ0) is 29.7. The Morgan fingerprint density at radius 2 is 1.05 bits per heavy atom. The largest absolute Gasteiger partial charge is 0.408 e. The van der Waals surface area contributed by atoms with E-state index in [2.05, 4.69) is 155 Å². The molecule has 1 aromatic heterocycles. The lowest BCUT2D eigenvalue weighted by Crippen LogP contribution is -2.28. The van der Waals surface area contributed by atoms with Crippen LogP contribution in [0.15, 0.2) is 124 Å². The predicted octanol–water partition coefficient (Wildman–Crippen LogP) is 12.0. The van der Waals surface area contributed by atoms with Crippen molar-refractivity contribution in [3.8, 4) is 0 Å². The Kier molecular flexibility index (Phi) is 7.09. The van der Waals surface area contributed by atoms with Gasteiger partial charge in [0.1, 0.15) is 11.2 Å². The van der Waals surface area contributed by atoms with Gasteiger partial charge in [0.15, 0.2) is 0 Å². The molecule has 0 saturated carbocycles. The van der Waals surface area contributed by atoms with Gasteiger partial charge in [0.2, 0.25) is 0 Å². The van der Waals surface area contributed by atoms with Crippen molar-refractivity contribution in [1.82, 2.24) is 0 Å². The smallest absolute Gasteiger partial charge is 0.310 e. The highest BCUT2D eigenvalue weighted by atomic mass is 31.1. The van der Waals surface area contributed by atoms with Crippen molar-refractivity contribution < 1.29 is 8.39 Å². The number of nitrogens with zero attached hydrogens (tertiary/aromatic N) is 1. The summed E-state index contributed by atoms with van der Waals surface area (Å²) in [4.78, 5) is 0. The molecule has 0 unspecified atom stereocenters. The lowest BCUT2D eigenvalue weighted by Gasteiger charge is -2.33. The summed E-state index contributed by atoms with van der Waals surface area (Å²) in [6, 6.07) is 41.1. The molecule has 0 aliphatic rings. The zero-order valence-corrected chi connectivity index (χ0v) is 26.2. The summed E-state index contributed by atoms with van der Waals surface area (Å²) in [6.07, 6.45) is 0. The third-order valence-electron chi connectivity index (χ3n) is 8.80. The lowest BCUT2D eigenvalue weighted by molar-refractivity contribution is 0.556. The number of benzene rings is 6. The van der Waals surface area contributed by atoms with E-state index in [1.807, 2.05) is 0 Å². The Morgan fingerprint density at radius 3 is 1.58 bits per heavy atom. The highest BCUT2D eigenvalue weighted by Crippen LogP contribution is 2.48. The van der Waals surface area contributed by atoms with Crippen LogP contribution in [-0.4, -0.2) is 0 Å². The van der Waals surface area contributed by atoms with Gasteiger partial charge in [-0.3, -0.25) is 0 Å². The summed E-state index contributed by atoms with van der Waals surface area (Å²) < 4.78 is 16.7. The van der Waals surface area contributed by atoms with Crippen LogP contribution in [-0.2, 0) is 0 Å². The molecule has 6 aromatic carbocycles. The lowest BCUT2D eigenvalue weighted by atomic mass is 9.94.